The fraction of sp³-hybridized carbons (Fsp3) is 0.0278. The van der Waals surface area contributed by atoms with Gasteiger partial charge in [-0.3, -0.25) is 28.4 Å². The van der Waals surface area contributed by atoms with Gasteiger partial charge in [0.25, 0.3) is 40.5 Å². The summed E-state index contributed by atoms with van der Waals surface area (Å²) in [4.78, 5) is 48.0. The van der Waals surface area contributed by atoms with Gasteiger partial charge in [-0.2, -0.15) is 68.7 Å². The van der Waals surface area contributed by atoms with Crippen LogP contribution in [0.25, 0.3) is 6.08 Å². The Hall–Kier alpha value is -7.33. The van der Waals surface area contributed by atoms with E-state index in [1.807, 2.05) is 0 Å². The number of nitrogens with zero attached hydrogens (tertiary/aromatic N) is 8. The Labute approximate surface area is 398 Å². The molecule has 0 fully saturated rings. The number of aromatic nitrogens is 6. The van der Waals surface area contributed by atoms with Crippen molar-refractivity contribution in [3.8, 4) is 0 Å². The molecule has 0 spiro atoms. The first kappa shape index (κ1) is 49.6. The predicted molar refractivity (Wildman–Crippen MR) is 245 cm³/mol. The minimum Gasteiger partial charge on any atom is -0.478 e. The van der Waals surface area contributed by atoms with Crippen LogP contribution in [-0.2, 0) is 40.5 Å². The summed E-state index contributed by atoms with van der Waals surface area (Å²) in [5.74, 6) is -4.32. The summed E-state index contributed by atoms with van der Waals surface area (Å²) in [6, 6.07) is 15.3. The molecule has 4 aromatic carbocycles. The van der Waals surface area contributed by atoms with Crippen LogP contribution in [0, 0.1) is 0 Å². The first-order valence-electron chi connectivity index (χ1n) is 18.3. The molecule has 0 aliphatic heterocycles. The van der Waals surface area contributed by atoms with E-state index < -0.39 is 129 Å². The second-order valence-electron chi connectivity index (χ2n) is 13.7. The quantitative estimate of drug-likeness (QED) is 0.0497. The van der Waals surface area contributed by atoms with Gasteiger partial charge < -0.3 is 26.0 Å². The van der Waals surface area contributed by atoms with Gasteiger partial charge in [-0.15, -0.1) is 0 Å². The maximum atomic E-state index is 14.4. The molecule has 1 aliphatic rings. The molecule has 0 saturated heterocycles. The lowest BCUT2D eigenvalue weighted by atomic mass is 9.93. The number of carbonyl (C=O) groups excluding carboxylic acids is 1. The Kier molecular flexibility index (Phi) is 13.4. The number of benzene rings is 4. The molecule has 0 saturated carbocycles. The van der Waals surface area contributed by atoms with Crippen molar-refractivity contribution >= 4 is 139 Å². The molecule has 1 aliphatic carbocycles. The topological polar surface area (TPSA) is 413 Å². The van der Waals surface area contributed by atoms with Crippen LogP contribution in [-0.4, -0.2) is 111 Å². The van der Waals surface area contributed by atoms with Gasteiger partial charge in [0.15, 0.2) is 5.71 Å². The Morgan fingerprint density at radius 1 is 0.638 bits per heavy atom. The standard InChI is InChI=1S/C36H26Cl2N12O15S4/c1-50(18-5-3-2-4-6-18)36-45-32(38)44-35(47-36)41-24-15-20(67(57,58)59)11-16-12-26(69(63,64)65)28(29(51)27(16)24)49-48-23-13-17(7-10-25(23)68(60,61)62)39-33-42-31(37)43-34(46-33)40-22-9-8-19(66(54,55)56)14-21(22)30(52)53/h2-15,48H,1H3,(H,52,53)(H,54,55,56)(H,57,58,59)(H,60,61,62)(H,63,64,65)(H,41,44,45,47)(H2,39,40,42,43,46). The number of anilines is 9. The zero-order chi connectivity index (χ0) is 50.4. The van der Waals surface area contributed by atoms with Crippen LogP contribution < -0.4 is 26.3 Å². The Balaban J connectivity index is 1.27. The fourth-order valence-corrected chi connectivity index (χ4v) is 8.79. The van der Waals surface area contributed by atoms with Crippen LogP contribution in [0.3, 0.4) is 0 Å². The molecule has 0 radical (unpaired) electrons. The molecule has 0 unspecified atom stereocenters. The number of rotatable bonds is 15. The van der Waals surface area contributed by atoms with Crippen molar-refractivity contribution in [1.82, 2.24) is 29.9 Å². The van der Waals surface area contributed by atoms with E-state index in [1.54, 1.807) is 37.4 Å². The van der Waals surface area contributed by atoms with Gasteiger partial charge in [-0.1, -0.05) is 18.2 Å². The van der Waals surface area contributed by atoms with E-state index in [1.165, 1.54) is 4.90 Å². The second kappa shape index (κ2) is 18.6. The van der Waals surface area contributed by atoms with Crippen LogP contribution in [0.2, 0.25) is 10.6 Å². The average Bonchev–Trinajstić information content (AvgIpc) is 3.24. The maximum Gasteiger partial charge on any atom is 0.337 e. The van der Waals surface area contributed by atoms with Gasteiger partial charge in [0, 0.05) is 18.4 Å². The van der Waals surface area contributed by atoms with Crippen molar-refractivity contribution in [3.05, 3.63) is 111 Å². The highest BCUT2D eigenvalue weighted by Gasteiger charge is 2.36. The number of allylic oxidation sites excluding steroid dienone is 1. The van der Waals surface area contributed by atoms with Crippen LogP contribution in [0.1, 0.15) is 26.3 Å². The van der Waals surface area contributed by atoms with Crippen LogP contribution in [0.4, 0.5) is 52.2 Å². The largest absolute Gasteiger partial charge is 0.478 e. The molecule has 6 aromatic rings. The summed E-state index contributed by atoms with van der Waals surface area (Å²) >= 11 is 12.3. The number of fused-ring (bicyclic) bond motifs is 1. The number of hydrogen-bond acceptors (Lipinski definition) is 22. The zero-order valence-corrected chi connectivity index (χ0v) is 38.6. The molecule has 0 bridgehead atoms. The van der Waals surface area contributed by atoms with Crippen molar-refractivity contribution < 1.29 is 66.6 Å². The van der Waals surface area contributed by atoms with Crippen LogP contribution >= 0.6 is 23.2 Å². The lowest BCUT2D eigenvalue weighted by Crippen LogP contribution is -2.28. The molecule has 7 rings (SSSR count). The lowest BCUT2D eigenvalue weighted by Gasteiger charge is -2.21. The molecule has 27 nitrogen and oxygen atoms in total. The van der Waals surface area contributed by atoms with Gasteiger partial charge in [0.05, 0.1) is 38.0 Å². The maximum absolute atomic E-state index is 14.4. The average molecular weight is 1070 g/mol. The van der Waals surface area contributed by atoms with Gasteiger partial charge >= 0.3 is 5.97 Å². The normalized spacial score (nSPS) is 13.6. The summed E-state index contributed by atoms with van der Waals surface area (Å²) < 4.78 is 138. The van der Waals surface area contributed by atoms with Crippen molar-refractivity contribution in [3.63, 3.8) is 0 Å². The second-order valence-corrected chi connectivity index (χ2v) is 20.0. The number of carboxylic acid groups (broad SMARTS) is 1. The number of para-hydroxylation sites is 1. The van der Waals surface area contributed by atoms with E-state index in [0.29, 0.717) is 23.9 Å². The highest BCUT2D eigenvalue weighted by atomic mass is 35.5. The molecule has 2 heterocycles. The number of hydrogen-bond donors (Lipinski definition) is 9. The lowest BCUT2D eigenvalue weighted by molar-refractivity contribution is 0.0697. The van der Waals surface area contributed by atoms with Gasteiger partial charge in [0.2, 0.25) is 40.1 Å². The van der Waals surface area contributed by atoms with E-state index in [9.17, 15) is 66.6 Å². The van der Waals surface area contributed by atoms with Crippen molar-refractivity contribution in [2.24, 2.45) is 5.10 Å². The summed E-state index contributed by atoms with van der Waals surface area (Å²) in [7, 11) is -19.0. The number of nitrogens with one attached hydrogen (secondary N) is 4. The van der Waals surface area contributed by atoms with E-state index in [2.05, 4.69) is 56.4 Å². The Morgan fingerprint density at radius 2 is 1.25 bits per heavy atom. The summed E-state index contributed by atoms with van der Waals surface area (Å²) in [5, 5.41) is 20.3. The van der Waals surface area contributed by atoms with Gasteiger partial charge in [-0.05, 0) is 95.5 Å². The van der Waals surface area contributed by atoms with E-state index in [0.717, 1.165) is 36.4 Å². The third-order valence-corrected chi connectivity index (χ3v) is 12.9. The summed E-state index contributed by atoms with van der Waals surface area (Å²) in [5.41, 5.74) is -1.72. The molecule has 69 heavy (non-hydrogen) atoms. The number of hydrazone groups is 1. The highest BCUT2D eigenvalue weighted by Crippen LogP contribution is 2.36. The minimum absolute atomic E-state index is 0.0578. The molecular formula is C36H26Cl2N12O15S4. The predicted octanol–water partition coefficient (Wildman–Crippen LogP) is 4.69. The van der Waals surface area contributed by atoms with Crippen LogP contribution in [0.5, 0.6) is 0 Å². The van der Waals surface area contributed by atoms with E-state index in [-0.39, 0.29) is 22.6 Å². The summed E-state index contributed by atoms with van der Waals surface area (Å²) in [6.07, 6.45) is 0.613. The van der Waals surface area contributed by atoms with E-state index in [4.69, 9.17) is 23.2 Å². The molecule has 9 N–H and O–H groups in total. The van der Waals surface area contributed by atoms with Gasteiger partial charge in [0.1, 0.15) is 9.80 Å². The zero-order valence-electron chi connectivity index (χ0n) is 33.9. The Morgan fingerprint density at radius 3 is 1.86 bits per heavy atom. The third-order valence-electron chi connectivity index (χ3n) is 9.14. The number of carbonyl (C=O) groups is 2. The van der Waals surface area contributed by atoms with Crippen molar-refractivity contribution in [2.75, 3.05) is 33.3 Å². The molecule has 0 amide bonds. The monoisotopic (exact) mass is 1060 g/mol. The third kappa shape index (κ3) is 11.3. The number of aromatic carboxylic acids is 1. The van der Waals surface area contributed by atoms with Crippen molar-refractivity contribution in [1.29, 1.82) is 0 Å². The Bertz CT molecular complexity index is 3680. The first-order chi connectivity index (χ1) is 32.1. The van der Waals surface area contributed by atoms with E-state index >= 15 is 0 Å². The minimum atomic E-state index is -5.47. The number of Topliss-reactive ketones (excluding diaryl/α,β-unsaturated/α-hetero) is 1. The molecule has 358 valence electrons. The number of carboxylic acids is 1. The van der Waals surface area contributed by atoms with Gasteiger partial charge in [-0.25, -0.2) is 4.79 Å². The summed E-state index contributed by atoms with van der Waals surface area (Å²) in [6.45, 7) is 0. The fourth-order valence-electron chi connectivity index (χ4n) is 6.14. The van der Waals surface area contributed by atoms with Crippen molar-refractivity contribution in [2.45, 2.75) is 14.7 Å². The number of halogens is 2. The highest BCUT2D eigenvalue weighted by molar-refractivity contribution is 7.91. The first-order valence-corrected chi connectivity index (χ1v) is 24.8. The smallest absolute Gasteiger partial charge is 0.337 e. The SMILES string of the molecule is CN(c1ccccc1)c1nc(Cl)nc(Nc2cc(S(=O)(=O)O)cc3c2C(=O)C(=NNc2cc(Nc4nc(Cl)nc(Nc5ccc(S(=O)(=O)O)cc5C(=O)O)n4)ccc2S(=O)(=O)O)C(S(=O)(=O)O)=C3)n1. The van der Waals surface area contributed by atoms with Crippen LogP contribution in [0.15, 0.2) is 104 Å². The molecular weight excluding hydrogens is 1040 g/mol. The molecule has 0 atom stereocenters. The number of ketones is 1. The molecule has 33 heteroatoms. The molecule has 2 aromatic heterocycles.